The van der Waals surface area contributed by atoms with E-state index in [9.17, 15) is 10.2 Å². The lowest BCUT2D eigenvalue weighted by Crippen LogP contribution is -2.55. The topological polar surface area (TPSA) is 58.9 Å². The van der Waals surface area contributed by atoms with Crippen molar-refractivity contribution < 1.29 is 19.7 Å². The van der Waals surface area contributed by atoms with Gasteiger partial charge in [-0.2, -0.15) is 0 Å². The highest BCUT2D eigenvalue weighted by Crippen LogP contribution is 2.59. The van der Waals surface area contributed by atoms with Crippen LogP contribution in [0.2, 0.25) is 0 Å². The number of benzene rings is 1. The van der Waals surface area contributed by atoms with Gasteiger partial charge in [0.25, 0.3) is 0 Å². The molecule has 1 aromatic carbocycles. The second-order valence-corrected chi connectivity index (χ2v) is 9.70. The van der Waals surface area contributed by atoms with E-state index >= 15 is 0 Å². The molecule has 5 unspecified atom stereocenters. The first-order valence-electron chi connectivity index (χ1n) is 10.2. The van der Waals surface area contributed by atoms with E-state index in [-0.39, 0.29) is 11.3 Å². The van der Waals surface area contributed by atoms with Gasteiger partial charge in [-0.15, -0.1) is 0 Å². The van der Waals surface area contributed by atoms with Gasteiger partial charge >= 0.3 is 0 Å². The lowest BCUT2D eigenvalue weighted by Gasteiger charge is -2.58. The number of hydrogen-bond acceptors (Lipinski definition) is 4. The first-order chi connectivity index (χ1) is 12.6. The molecule has 0 aliphatic heterocycles. The van der Waals surface area contributed by atoms with Crippen molar-refractivity contribution in [1.82, 2.24) is 0 Å². The highest BCUT2D eigenvalue weighted by molar-refractivity contribution is 5.40. The Hall–Kier alpha value is -1.26. The molecular weight excluding hydrogens is 340 g/mol. The van der Waals surface area contributed by atoms with Crippen molar-refractivity contribution in [3.63, 3.8) is 0 Å². The molecule has 27 heavy (non-hydrogen) atoms. The van der Waals surface area contributed by atoms with Crippen LogP contribution in [-0.4, -0.2) is 30.0 Å². The molecule has 152 valence electrons. The quantitative estimate of drug-likeness (QED) is 0.807. The first-order valence-corrected chi connectivity index (χ1v) is 10.2. The van der Waals surface area contributed by atoms with Gasteiger partial charge in [-0.25, -0.2) is 0 Å². The number of ether oxygens (including phenoxy) is 2. The summed E-state index contributed by atoms with van der Waals surface area (Å²) in [7, 11) is 3.23. The van der Waals surface area contributed by atoms with Gasteiger partial charge in [0, 0.05) is 12.0 Å². The van der Waals surface area contributed by atoms with Crippen LogP contribution >= 0.6 is 0 Å². The number of fused-ring (bicyclic) bond motifs is 1. The molecule has 2 N–H and O–H groups in total. The molecule has 0 saturated heterocycles. The molecular formula is C23H36O4. The van der Waals surface area contributed by atoms with Gasteiger partial charge in [0.1, 0.15) is 11.5 Å². The standard InChI is InChI=1S/C23H36O4/c1-14-7-9-22(2,3)18-8-10-23(4,25)20(19(14)18)21(24)15-11-16(26-5)13-17(12-15)27-6/h11-14,18-21,24-25H,7-10H2,1-6H3/t14-,18?,19?,20?,21?,23?/m0/s1. The lowest BCUT2D eigenvalue weighted by atomic mass is 9.49. The Balaban J connectivity index is 2.03. The Bertz CT molecular complexity index is 644. The molecule has 0 amide bonds. The molecule has 6 atom stereocenters. The predicted molar refractivity (Wildman–Crippen MR) is 107 cm³/mol. The van der Waals surface area contributed by atoms with E-state index < -0.39 is 11.7 Å². The van der Waals surface area contributed by atoms with Crippen molar-refractivity contribution in [2.45, 2.75) is 65.1 Å². The molecule has 2 fully saturated rings. The summed E-state index contributed by atoms with van der Waals surface area (Å²) in [5.74, 6) is 2.42. The van der Waals surface area contributed by atoms with Crippen molar-refractivity contribution >= 4 is 0 Å². The van der Waals surface area contributed by atoms with Gasteiger partial charge in [-0.1, -0.05) is 20.8 Å². The van der Waals surface area contributed by atoms with Crippen LogP contribution in [0.4, 0.5) is 0 Å². The molecule has 0 aromatic heterocycles. The summed E-state index contributed by atoms with van der Waals surface area (Å²) in [5, 5.41) is 22.8. The molecule has 4 heteroatoms. The molecule has 2 aliphatic rings. The fourth-order valence-corrected chi connectivity index (χ4v) is 5.87. The van der Waals surface area contributed by atoms with Gasteiger partial charge in [0.2, 0.25) is 0 Å². The average molecular weight is 377 g/mol. The van der Waals surface area contributed by atoms with Crippen molar-refractivity contribution in [3.8, 4) is 11.5 Å². The maximum absolute atomic E-state index is 11.5. The van der Waals surface area contributed by atoms with E-state index in [0.717, 1.165) is 24.8 Å². The van der Waals surface area contributed by atoms with Crippen LogP contribution in [0.15, 0.2) is 18.2 Å². The molecule has 1 aromatic rings. The molecule has 2 aliphatic carbocycles. The van der Waals surface area contributed by atoms with Gasteiger partial charge in [-0.3, -0.25) is 0 Å². The molecule has 0 spiro atoms. The average Bonchev–Trinajstić information content (AvgIpc) is 2.63. The highest BCUT2D eigenvalue weighted by atomic mass is 16.5. The van der Waals surface area contributed by atoms with Crippen LogP contribution in [0.1, 0.15) is 65.0 Å². The molecule has 0 bridgehead atoms. The molecule has 0 heterocycles. The smallest absolute Gasteiger partial charge is 0.122 e. The number of methoxy groups -OCH3 is 2. The minimum Gasteiger partial charge on any atom is -0.497 e. The van der Waals surface area contributed by atoms with Crippen LogP contribution in [-0.2, 0) is 0 Å². The maximum atomic E-state index is 11.5. The summed E-state index contributed by atoms with van der Waals surface area (Å²) >= 11 is 0. The third-order valence-corrected chi connectivity index (χ3v) is 7.52. The van der Waals surface area contributed by atoms with Gasteiger partial charge in [0.05, 0.1) is 25.9 Å². The zero-order chi connectivity index (χ0) is 20.0. The van der Waals surface area contributed by atoms with Gasteiger partial charge < -0.3 is 19.7 Å². The van der Waals surface area contributed by atoms with E-state index in [4.69, 9.17) is 9.47 Å². The third kappa shape index (κ3) is 3.71. The second kappa shape index (κ2) is 7.29. The summed E-state index contributed by atoms with van der Waals surface area (Å²) in [6.45, 7) is 8.91. The Kier molecular flexibility index (Phi) is 5.53. The Morgan fingerprint density at radius 3 is 2.15 bits per heavy atom. The van der Waals surface area contributed by atoms with Crippen molar-refractivity contribution in [2.75, 3.05) is 14.2 Å². The predicted octanol–water partition coefficient (Wildman–Crippen LogP) is 4.59. The molecule has 2 saturated carbocycles. The van der Waals surface area contributed by atoms with Crippen molar-refractivity contribution in [1.29, 1.82) is 0 Å². The van der Waals surface area contributed by atoms with Crippen LogP contribution in [0, 0.1) is 29.1 Å². The zero-order valence-electron chi connectivity index (χ0n) is 17.7. The monoisotopic (exact) mass is 376 g/mol. The minimum atomic E-state index is -0.890. The first kappa shape index (κ1) is 20.5. The van der Waals surface area contributed by atoms with E-state index in [1.54, 1.807) is 14.2 Å². The van der Waals surface area contributed by atoms with E-state index in [1.807, 2.05) is 25.1 Å². The SMILES string of the molecule is COc1cc(OC)cc(C(O)C2C3C(CCC2(C)O)C(C)(C)CC[C@@H]3C)c1. The van der Waals surface area contributed by atoms with E-state index in [0.29, 0.717) is 29.3 Å². The van der Waals surface area contributed by atoms with Crippen LogP contribution in [0.3, 0.4) is 0 Å². The third-order valence-electron chi connectivity index (χ3n) is 7.52. The normalized spacial score (nSPS) is 36.6. The lowest BCUT2D eigenvalue weighted by molar-refractivity contribution is -0.171. The van der Waals surface area contributed by atoms with Crippen molar-refractivity contribution in [2.24, 2.45) is 29.1 Å². The number of hydrogen-bond donors (Lipinski definition) is 2. The van der Waals surface area contributed by atoms with E-state index in [1.165, 1.54) is 6.42 Å². The van der Waals surface area contributed by atoms with Crippen LogP contribution < -0.4 is 9.47 Å². The van der Waals surface area contributed by atoms with Gasteiger partial charge in [-0.05, 0) is 73.5 Å². The largest absolute Gasteiger partial charge is 0.497 e. The van der Waals surface area contributed by atoms with E-state index in [2.05, 4.69) is 20.8 Å². The van der Waals surface area contributed by atoms with Crippen LogP contribution in [0.25, 0.3) is 0 Å². The molecule has 0 radical (unpaired) electrons. The van der Waals surface area contributed by atoms with Crippen LogP contribution in [0.5, 0.6) is 11.5 Å². The molecule has 4 nitrogen and oxygen atoms in total. The highest BCUT2D eigenvalue weighted by Gasteiger charge is 2.55. The van der Waals surface area contributed by atoms with Crippen molar-refractivity contribution in [3.05, 3.63) is 23.8 Å². The number of aliphatic hydroxyl groups excluding tert-OH is 1. The second-order valence-electron chi connectivity index (χ2n) is 9.70. The summed E-state index contributed by atoms with van der Waals surface area (Å²) in [5.41, 5.74) is 0.115. The fraction of sp³-hybridized carbons (Fsp3) is 0.739. The summed E-state index contributed by atoms with van der Waals surface area (Å²) in [4.78, 5) is 0. The Labute approximate surface area is 163 Å². The molecule has 3 rings (SSSR count). The minimum absolute atomic E-state index is 0.206. The summed E-state index contributed by atoms with van der Waals surface area (Å²) < 4.78 is 10.8. The zero-order valence-corrected chi connectivity index (χ0v) is 17.7. The fourth-order valence-electron chi connectivity index (χ4n) is 5.87. The van der Waals surface area contributed by atoms with Gasteiger partial charge in [0.15, 0.2) is 0 Å². The summed E-state index contributed by atoms with van der Waals surface area (Å²) in [6, 6.07) is 5.54. The summed E-state index contributed by atoms with van der Waals surface area (Å²) in [6.07, 6.45) is 3.36. The maximum Gasteiger partial charge on any atom is 0.122 e. The number of aliphatic hydroxyl groups is 2. The number of rotatable bonds is 4. The Morgan fingerprint density at radius 1 is 1.00 bits per heavy atom. The Morgan fingerprint density at radius 2 is 1.59 bits per heavy atom.